The van der Waals surface area contributed by atoms with Crippen LogP contribution in [0.4, 0.5) is 5.69 Å². The molecule has 1 aliphatic heterocycles. The van der Waals surface area contributed by atoms with E-state index in [4.69, 9.17) is 0 Å². The van der Waals surface area contributed by atoms with Gasteiger partial charge in [0, 0.05) is 18.8 Å². The second-order valence-corrected chi connectivity index (χ2v) is 5.23. The van der Waals surface area contributed by atoms with Crippen LogP contribution in [-0.4, -0.2) is 29.6 Å². The van der Waals surface area contributed by atoms with Gasteiger partial charge in [-0.2, -0.15) is 0 Å². The Kier molecular flexibility index (Phi) is 3.30. The van der Waals surface area contributed by atoms with Crippen LogP contribution < -0.4 is 10.2 Å². The number of hydrogen-bond donors (Lipinski definition) is 2. The van der Waals surface area contributed by atoms with Gasteiger partial charge in [0.05, 0.1) is 6.10 Å². The van der Waals surface area contributed by atoms with E-state index < -0.39 is 11.6 Å². The molecule has 1 saturated heterocycles. The molecule has 0 spiro atoms. The molecule has 0 aliphatic carbocycles. The highest BCUT2D eigenvalue weighted by molar-refractivity contribution is 5.90. The summed E-state index contributed by atoms with van der Waals surface area (Å²) in [6.07, 6.45) is -0.461. The molecule has 1 aliphatic rings. The summed E-state index contributed by atoms with van der Waals surface area (Å²) < 4.78 is 0. The lowest BCUT2D eigenvalue weighted by molar-refractivity contribution is -0.126. The van der Waals surface area contributed by atoms with Gasteiger partial charge in [-0.25, -0.2) is 0 Å². The number of rotatable bonds is 2. The number of piperazine rings is 1. The molecule has 1 heterocycles. The molecule has 0 saturated carbocycles. The third kappa shape index (κ3) is 2.20. The van der Waals surface area contributed by atoms with Crippen LogP contribution in [0, 0.1) is 0 Å². The SMILES string of the molecule is CC(O)c1ccc(N2CCNC(=O)C2(C)C)cc1. The highest BCUT2D eigenvalue weighted by Gasteiger charge is 2.37. The van der Waals surface area contributed by atoms with E-state index in [0.717, 1.165) is 17.8 Å². The van der Waals surface area contributed by atoms with Crippen LogP contribution in [0.1, 0.15) is 32.4 Å². The van der Waals surface area contributed by atoms with Gasteiger partial charge in [-0.3, -0.25) is 4.79 Å². The van der Waals surface area contributed by atoms with E-state index in [1.54, 1.807) is 6.92 Å². The van der Waals surface area contributed by atoms with Gasteiger partial charge in [0.2, 0.25) is 5.91 Å². The summed E-state index contributed by atoms with van der Waals surface area (Å²) in [5.41, 5.74) is 1.36. The van der Waals surface area contributed by atoms with Crippen molar-refractivity contribution in [2.24, 2.45) is 0 Å². The van der Waals surface area contributed by atoms with Crippen molar-refractivity contribution in [3.63, 3.8) is 0 Å². The van der Waals surface area contributed by atoms with E-state index in [0.29, 0.717) is 6.54 Å². The van der Waals surface area contributed by atoms with Gasteiger partial charge < -0.3 is 15.3 Å². The molecule has 0 radical (unpaired) electrons. The highest BCUT2D eigenvalue weighted by atomic mass is 16.3. The van der Waals surface area contributed by atoms with Gasteiger partial charge in [-0.1, -0.05) is 12.1 Å². The van der Waals surface area contributed by atoms with E-state index >= 15 is 0 Å². The largest absolute Gasteiger partial charge is 0.389 e. The Balaban J connectivity index is 2.27. The van der Waals surface area contributed by atoms with Gasteiger partial charge in [0.15, 0.2) is 0 Å². The van der Waals surface area contributed by atoms with E-state index in [1.165, 1.54) is 0 Å². The van der Waals surface area contributed by atoms with Gasteiger partial charge in [0.25, 0.3) is 0 Å². The standard InChI is InChI=1S/C14H20N2O2/c1-10(17)11-4-6-12(7-5-11)16-9-8-15-13(18)14(16,2)3/h4-7,10,17H,8-9H2,1-3H3,(H,15,18). The number of benzene rings is 1. The third-order valence-corrected chi connectivity index (χ3v) is 3.54. The Hall–Kier alpha value is -1.55. The minimum atomic E-state index is -0.537. The number of nitrogens with one attached hydrogen (secondary N) is 1. The number of nitrogens with zero attached hydrogens (tertiary/aromatic N) is 1. The van der Waals surface area contributed by atoms with Crippen LogP contribution in [0.25, 0.3) is 0 Å². The second kappa shape index (κ2) is 4.61. The summed E-state index contributed by atoms with van der Waals surface area (Å²) in [7, 11) is 0. The number of anilines is 1. The molecule has 1 aromatic rings. The fraction of sp³-hybridized carbons (Fsp3) is 0.500. The first-order valence-corrected chi connectivity index (χ1v) is 6.27. The van der Waals surface area contributed by atoms with E-state index in [-0.39, 0.29) is 5.91 Å². The number of aliphatic hydroxyl groups is 1. The normalized spacial score (nSPS) is 20.4. The van der Waals surface area contributed by atoms with Crippen molar-refractivity contribution in [2.75, 3.05) is 18.0 Å². The van der Waals surface area contributed by atoms with Crippen LogP contribution in [-0.2, 0) is 4.79 Å². The Morgan fingerprint density at radius 3 is 2.50 bits per heavy atom. The Morgan fingerprint density at radius 2 is 1.94 bits per heavy atom. The summed E-state index contributed by atoms with van der Waals surface area (Å²) in [4.78, 5) is 14.0. The molecule has 1 fully saturated rings. The topological polar surface area (TPSA) is 52.6 Å². The Bertz CT molecular complexity index is 438. The summed E-state index contributed by atoms with van der Waals surface area (Å²) in [5, 5.41) is 12.4. The predicted octanol–water partition coefficient (Wildman–Crippen LogP) is 1.45. The first-order chi connectivity index (χ1) is 8.43. The summed E-state index contributed by atoms with van der Waals surface area (Å²) in [5.74, 6) is 0.0494. The number of hydrogen-bond acceptors (Lipinski definition) is 3. The molecule has 1 atom stereocenters. The molecule has 2 N–H and O–H groups in total. The first-order valence-electron chi connectivity index (χ1n) is 6.27. The third-order valence-electron chi connectivity index (χ3n) is 3.54. The average molecular weight is 248 g/mol. The van der Waals surface area contributed by atoms with Gasteiger partial charge in [-0.15, -0.1) is 0 Å². The molecule has 98 valence electrons. The fourth-order valence-corrected chi connectivity index (χ4v) is 2.28. The van der Waals surface area contributed by atoms with Gasteiger partial charge in [-0.05, 0) is 38.5 Å². The molecule has 1 aromatic carbocycles. The molecule has 2 rings (SSSR count). The summed E-state index contributed by atoms with van der Waals surface area (Å²) in [6, 6.07) is 7.73. The lowest BCUT2D eigenvalue weighted by atomic mass is 9.97. The van der Waals surface area contributed by atoms with Crippen molar-refractivity contribution in [1.29, 1.82) is 0 Å². The van der Waals surface area contributed by atoms with Gasteiger partial charge >= 0.3 is 0 Å². The second-order valence-electron chi connectivity index (χ2n) is 5.23. The lowest BCUT2D eigenvalue weighted by Crippen LogP contribution is -2.62. The summed E-state index contributed by atoms with van der Waals surface area (Å²) in [6.45, 7) is 7.05. The number of carbonyl (C=O) groups excluding carboxylic acids is 1. The van der Waals surface area contributed by atoms with E-state index in [1.807, 2.05) is 38.1 Å². The monoisotopic (exact) mass is 248 g/mol. The molecule has 4 heteroatoms. The lowest BCUT2D eigenvalue weighted by Gasteiger charge is -2.42. The zero-order chi connectivity index (χ0) is 13.3. The van der Waals surface area contributed by atoms with Crippen molar-refractivity contribution < 1.29 is 9.90 Å². The number of carbonyl (C=O) groups is 1. The van der Waals surface area contributed by atoms with Crippen molar-refractivity contribution in [3.8, 4) is 0 Å². The van der Waals surface area contributed by atoms with Crippen molar-refractivity contribution in [1.82, 2.24) is 5.32 Å². The van der Waals surface area contributed by atoms with Crippen LogP contribution in [0.15, 0.2) is 24.3 Å². The van der Waals surface area contributed by atoms with Crippen LogP contribution in [0.2, 0.25) is 0 Å². The highest BCUT2D eigenvalue weighted by Crippen LogP contribution is 2.27. The number of aliphatic hydroxyl groups excluding tert-OH is 1. The fourth-order valence-electron chi connectivity index (χ4n) is 2.28. The van der Waals surface area contributed by atoms with Crippen molar-refractivity contribution in [2.45, 2.75) is 32.4 Å². The zero-order valence-electron chi connectivity index (χ0n) is 11.1. The van der Waals surface area contributed by atoms with Crippen LogP contribution in [0.3, 0.4) is 0 Å². The molecule has 4 nitrogen and oxygen atoms in total. The van der Waals surface area contributed by atoms with Crippen LogP contribution >= 0.6 is 0 Å². The summed E-state index contributed by atoms with van der Waals surface area (Å²) >= 11 is 0. The number of amides is 1. The maximum Gasteiger partial charge on any atom is 0.245 e. The first kappa shape index (κ1) is 12.9. The Morgan fingerprint density at radius 1 is 1.33 bits per heavy atom. The van der Waals surface area contributed by atoms with Crippen molar-refractivity contribution >= 4 is 11.6 Å². The smallest absolute Gasteiger partial charge is 0.245 e. The van der Waals surface area contributed by atoms with Crippen molar-refractivity contribution in [3.05, 3.63) is 29.8 Å². The molecule has 18 heavy (non-hydrogen) atoms. The predicted molar refractivity (Wildman–Crippen MR) is 71.5 cm³/mol. The van der Waals surface area contributed by atoms with E-state index in [9.17, 15) is 9.90 Å². The molecule has 1 amide bonds. The maximum absolute atomic E-state index is 11.9. The zero-order valence-corrected chi connectivity index (χ0v) is 11.1. The maximum atomic E-state index is 11.9. The average Bonchev–Trinajstić information content (AvgIpc) is 2.33. The molecular weight excluding hydrogens is 228 g/mol. The van der Waals surface area contributed by atoms with E-state index in [2.05, 4.69) is 10.2 Å². The quantitative estimate of drug-likeness (QED) is 0.833. The van der Waals surface area contributed by atoms with Gasteiger partial charge in [0.1, 0.15) is 5.54 Å². The molecule has 1 unspecified atom stereocenters. The molecule has 0 aromatic heterocycles. The molecule has 0 bridgehead atoms. The van der Waals surface area contributed by atoms with Crippen LogP contribution in [0.5, 0.6) is 0 Å². The Labute approximate surface area is 108 Å². The molecular formula is C14H20N2O2. The minimum Gasteiger partial charge on any atom is -0.389 e. The minimum absolute atomic E-state index is 0.0494.